The van der Waals surface area contributed by atoms with E-state index in [1.165, 1.54) is 18.7 Å². The van der Waals surface area contributed by atoms with Crippen molar-refractivity contribution in [2.24, 2.45) is 0 Å². The molecule has 0 saturated carbocycles. The van der Waals surface area contributed by atoms with Crippen LogP contribution in [0, 0.1) is 0 Å². The quantitative estimate of drug-likeness (QED) is 0.437. The van der Waals surface area contributed by atoms with E-state index >= 15 is 0 Å². The van der Waals surface area contributed by atoms with Crippen molar-refractivity contribution in [3.05, 3.63) is 0 Å². The fraction of sp³-hybridized carbons (Fsp3) is 0.818. The third kappa shape index (κ3) is 13.3. The fourth-order valence-electron chi connectivity index (χ4n) is 0.955. The van der Waals surface area contributed by atoms with E-state index in [0.29, 0.717) is 38.8 Å². The zero-order valence-corrected chi connectivity index (χ0v) is 11.2. The number of ether oxygens (including phenoxy) is 3. The summed E-state index contributed by atoms with van der Waals surface area (Å²) in [4.78, 5) is 21.5. The van der Waals surface area contributed by atoms with Gasteiger partial charge in [0.25, 0.3) is 0 Å². The summed E-state index contributed by atoms with van der Waals surface area (Å²) in [5.74, 6) is 0.421. The molecule has 0 amide bonds. The Morgan fingerprint density at radius 1 is 1.06 bits per heavy atom. The summed E-state index contributed by atoms with van der Waals surface area (Å²) in [5.41, 5.74) is 0. The summed E-state index contributed by atoms with van der Waals surface area (Å²) in [6.07, 6.45) is 0.272. The van der Waals surface area contributed by atoms with Crippen molar-refractivity contribution in [3.63, 3.8) is 0 Å². The van der Waals surface area contributed by atoms with E-state index in [-0.39, 0.29) is 17.5 Å². The van der Waals surface area contributed by atoms with Crippen LogP contribution in [-0.2, 0) is 23.8 Å². The highest BCUT2D eigenvalue weighted by molar-refractivity contribution is 8.13. The van der Waals surface area contributed by atoms with Crippen molar-refractivity contribution < 1.29 is 23.8 Å². The van der Waals surface area contributed by atoms with Gasteiger partial charge in [0.15, 0.2) is 5.12 Å². The molecule has 0 bridgehead atoms. The maximum atomic E-state index is 10.9. The molecule has 17 heavy (non-hydrogen) atoms. The zero-order valence-electron chi connectivity index (χ0n) is 10.4. The monoisotopic (exact) mass is 264 g/mol. The molecule has 0 aromatic rings. The molecular weight excluding hydrogens is 244 g/mol. The maximum Gasteiger partial charge on any atom is 0.308 e. The number of esters is 1. The van der Waals surface area contributed by atoms with E-state index < -0.39 is 0 Å². The highest BCUT2D eigenvalue weighted by Crippen LogP contribution is 1.99. The molecule has 0 aliphatic rings. The first-order valence-corrected chi connectivity index (χ1v) is 6.59. The lowest BCUT2D eigenvalue weighted by Gasteiger charge is -2.05. The van der Waals surface area contributed by atoms with Gasteiger partial charge >= 0.3 is 5.97 Å². The molecule has 0 aliphatic heterocycles. The number of rotatable bonds is 10. The Morgan fingerprint density at radius 3 is 2.29 bits per heavy atom. The standard InChI is InChI=1S/C11H20O5S/c1-3-16-11(13)4-5-14-6-7-15-8-9-17-10(2)12/h3-9H2,1-2H3. The molecule has 0 N–H and O–H groups in total. The maximum absolute atomic E-state index is 10.9. The molecular formula is C11H20O5S. The predicted octanol–water partition coefficient (Wildman–Crippen LogP) is 1.25. The third-order valence-corrected chi connectivity index (χ3v) is 2.44. The molecule has 0 heterocycles. The van der Waals surface area contributed by atoms with Gasteiger partial charge in [-0.2, -0.15) is 0 Å². The minimum absolute atomic E-state index is 0.0966. The SMILES string of the molecule is CCOC(=O)CCOCCOCCSC(C)=O. The van der Waals surface area contributed by atoms with Crippen molar-refractivity contribution in [1.82, 2.24) is 0 Å². The molecule has 5 nitrogen and oxygen atoms in total. The van der Waals surface area contributed by atoms with Crippen LogP contribution in [0.1, 0.15) is 20.3 Å². The largest absolute Gasteiger partial charge is 0.466 e. The van der Waals surface area contributed by atoms with Crippen LogP contribution in [0.25, 0.3) is 0 Å². The smallest absolute Gasteiger partial charge is 0.308 e. The van der Waals surface area contributed by atoms with Gasteiger partial charge in [-0.3, -0.25) is 9.59 Å². The summed E-state index contributed by atoms with van der Waals surface area (Å²) in [5, 5.41) is 0.0966. The summed E-state index contributed by atoms with van der Waals surface area (Å²) in [7, 11) is 0. The van der Waals surface area contributed by atoms with E-state index in [2.05, 4.69) is 0 Å². The van der Waals surface area contributed by atoms with E-state index in [4.69, 9.17) is 14.2 Å². The van der Waals surface area contributed by atoms with Gasteiger partial charge in [-0.05, 0) is 6.92 Å². The first-order valence-electron chi connectivity index (χ1n) is 5.61. The lowest BCUT2D eigenvalue weighted by atomic mass is 10.5. The second-order valence-corrected chi connectivity index (χ2v) is 4.39. The van der Waals surface area contributed by atoms with Crippen LogP contribution in [0.2, 0.25) is 0 Å². The lowest BCUT2D eigenvalue weighted by Crippen LogP contribution is -2.11. The second kappa shape index (κ2) is 11.9. The molecule has 0 spiro atoms. The van der Waals surface area contributed by atoms with Crippen LogP contribution < -0.4 is 0 Å². The van der Waals surface area contributed by atoms with E-state index in [9.17, 15) is 9.59 Å². The minimum Gasteiger partial charge on any atom is -0.466 e. The molecule has 0 aromatic heterocycles. The van der Waals surface area contributed by atoms with E-state index in [1.54, 1.807) is 6.92 Å². The molecule has 100 valence electrons. The average molecular weight is 264 g/mol. The van der Waals surface area contributed by atoms with Gasteiger partial charge in [0.2, 0.25) is 0 Å². The highest BCUT2D eigenvalue weighted by Gasteiger charge is 2.00. The van der Waals surface area contributed by atoms with Crippen molar-refractivity contribution in [3.8, 4) is 0 Å². The Balaban J connectivity index is 3.08. The van der Waals surface area contributed by atoms with E-state index in [0.717, 1.165) is 0 Å². The predicted molar refractivity (Wildman–Crippen MR) is 66.0 cm³/mol. The van der Waals surface area contributed by atoms with Crippen LogP contribution in [0.5, 0.6) is 0 Å². The van der Waals surface area contributed by atoms with Gasteiger partial charge in [0.1, 0.15) is 0 Å². The molecule has 0 aliphatic carbocycles. The van der Waals surface area contributed by atoms with Crippen LogP contribution >= 0.6 is 11.8 Å². The zero-order chi connectivity index (χ0) is 12.9. The fourth-order valence-corrected chi connectivity index (χ4v) is 1.44. The summed E-state index contributed by atoms with van der Waals surface area (Å²) in [6.45, 7) is 5.51. The minimum atomic E-state index is -0.244. The molecule has 0 rings (SSSR count). The number of hydrogen-bond donors (Lipinski definition) is 0. The Labute approximate surface area is 106 Å². The van der Waals surface area contributed by atoms with Crippen LogP contribution in [0.4, 0.5) is 0 Å². The summed E-state index contributed by atoms with van der Waals surface area (Å²) < 4.78 is 15.1. The Morgan fingerprint density at radius 2 is 1.71 bits per heavy atom. The summed E-state index contributed by atoms with van der Waals surface area (Å²) >= 11 is 1.24. The van der Waals surface area contributed by atoms with Crippen molar-refractivity contribution in [2.75, 3.05) is 38.8 Å². The van der Waals surface area contributed by atoms with Gasteiger partial charge in [-0.1, -0.05) is 11.8 Å². The van der Waals surface area contributed by atoms with Gasteiger partial charge in [0, 0.05) is 12.7 Å². The van der Waals surface area contributed by atoms with Crippen LogP contribution in [0.15, 0.2) is 0 Å². The van der Waals surface area contributed by atoms with Crippen molar-refractivity contribution in [2.45, 2.75) is 20.3 Å². The molecule has 0 fully saturated rings. The second-order valence-electron chi connectivity index (χ2n) is 3.12. The summed E-state index contributed by atoms with van der Waals surface area (Å²) in [6, 6.07) is 0. The molecule has 0 atom stereocenters. The van der Waals surface area contributed by atoms with Crippen LogP contribution in [-0.4, -0.2) is 49.9 Å². The van der Waals surface area contributed by atoms with Crippen molar-refractivity contribution in [1.29, 1.82) is 0 Å². The lowest BCUT2D eigenvalue weighted by molar-refractivity contribution is -0.144. The Bertz CT molecular complexity index is 220. The number of carbonyl (C=O) groups excluding carboxylic acids is 2. The van der Waals surface area contributed by atoms with Gasteiger partial charge in [0.05, 0.1) is 39.5 Å². The average Bonchev–Trinajstić information content (AvgIpc) is 2.27. The molecule has 0 aromatic carbocycles. The first-order chi connectivity index (χ1) is 8.16. The van der Waals surface area contributed by atoms with Gasteiger partial charge in [-0.15, -0.1) is 0 Å². The van der Waals surface area contributed by atoms with Gasteiger partial charge in [-0.25, -0.2) is 0 Å². The van der Waals surface area contributed by atoms with Gasteiger partial charge < -0.3 is 14.2 Å². The Kier molecular flexibility index (Phi) is 11.5. The number of carbonyl (C=O) groups is 2. The third-order valence-electron chi connectivity index (χ3n) is 1.66. The molecule has 0 radical (unpaired) electrons. The first kappa shape index (κ1) is 16.4. The highest BCUT2D eigenvalue weighted by atomic mass is 32.2. The number of hydrogen-bond acceptors (Lipinski definition) is 6. The van der Waals surface area contributed by atoms with Crippen LogP contribution in [0.3, 0.4) is 0 Å². The molecule has 0 saturated heterocycles. The topological polar surface area (TPSA) is 61.8 Å². The van der Waals surface area contributed by atoms with Crippen molar-refractivity contribution >= 4 is 22.8 Å². The normalized spacial score (nSPS) is 10.2. The number of thioether (sulfide) groups is 1. The molecule has 0 unspecified atom stereocenters. The van der Waals surface area contributed by atoms with E-state index in [1.807, 2.05) is 0 Å². The molecule has 6 heteroatoms. The Hall–Kier alpha value is -0.590.